The molecule has 26 heavy (non-hydrogen) atoms. The Labute approximate surface area is 148 Å². The van der Waals surface area contributed by atoms with Crippen LogP contribution in [0.4, 0.5) is 5.69 Å². The minimum absolute atomic E-state index is 0.167. The van der Waals surface area contributed by atoms with E-state index in [-0.39, 0.29) is 16.8 Å². The summed E-state index contributed by atoms with van der Waals surface area (Å²) in [6.07, 6.45) is 1.45. The maximum Gasteiger partial charge on any atom is 0.337 e. The van der Waals surface area contributed by atoms with Crippen LogP contribution in [0.15, 0.2) is 70.7 Å². The Balaban J connectivity index is 1.94. The van der Waals surface area contributed by atoms with E-state index in [0.29, 0.717) is 16.8 Å². The number of rotatable bonds is 5. The number of carbonyl (C=O) groups is 1. The maximum absolute atomic E-state index is 12.3. The summed E-state index contributed by atoms with van der Waals surface area (Å²) in [5, 5.41) is 7.24. The van der Waals surface area contributed by atoms with Crippen molar-refractivity contribution in [3.63, 3.8) is 0 Å². The molecule has 0 saturated heterocycles. The number of para-hydroxylation sites is 1. The van der Waals surface area contributed by atoms with Crippen LogP contribution in [0.3, 0.4) is 0 Å². The molecule has 0 amide bonds. The Morgan fingerprint density at radius 2 is 2.00 bits per heavy atom. The third-order valence-electron chi connectivity index (χ3n) is 3.81. The summed E-state index contributed by atoms with van der Waals surface area (Å²) in [5.74, 6) is -0.450. The number of esters is 1. The molecule has 130 valence electrons. The molecule has 2 aromatic carbocycles. The smallest absolute Gasteiger partial charge is 0.337 e. The number of H-pyrrole nitrogens is 1. The fourth-order valence-corrected chi connectivity index (χ4v) is 2.51. The number of methoxy groups -OCH3 is 1. The predicted molar refractivity (Wildman–Crippen MR) is 99.1 cm³/mol. The van der Waals surface area contributed by atoms with Gasteiger partial charge in [0.2, 0.25) is 0 Å². The van der Waals surface area contributed by atoms with Gasteiger partial charge in [-0.2, -0.15) is 5.11 Å². The predicted octanol–water partition coefficient (Wildman–Crippen LogP) is 3.76. The lowest BCUT2D eigenvalue weighted by Gasteiger charge is -2.06. The zero-order valence-corrected chi connectivity index (χ0v) is 13.9. The van der Waals surface area contributed by atoms with Gasteiger partial charge in [0.05, 0.1) is 18.2 Å². The van der Waals surface area contributed by atoms with E-state index >= 15 is 0 Å². The molecule has 3 rings (SSSR count). The number of nitrogens with one attached hydrogen (secondary N) is 3. The zero-order chi connectivity index (χ0) is 18.5. The number of fused-ring (bicyclic) bond motifs is 1. The van der Waals surface area contributed by atoms with Gasteiger partial charge in [0.15, 0.2) is 0 Å². The molecular weight excluding hydrogens is 332 g/mol. The summed E-state index contributed by atoms with van der Waals surface area (Å²) >= 11 is 0. The first-order valence-corrected chi connectivity index (χ1v) is 7.77. The SMILES string of the molecule is COC(=O)c1cccc(N/C=C(\N=N)c2cc3ccccc3[nH]c2=O)c1. The third kappa shape index (κ3) is 3.51. The molecule has 0 spiro atoms. The second kappa shape index (κ2) is 7.43. The summed E-state index contributed by atoms with van der Waals surface area (Å²) in [6, 6.07) is 15.7. The van der Waals surface area contributed by atoms with Crippen molar-refractivity contribution in [3.8, 4) is 0 Å². The van der Waals surface area contributed by atoms with Crippen LogP contribution in [0.5, 0.6) is 0 Å². The fourth-order valence-electron chi connectivity index (χ4n) is 2.51. The molecule has 0 aliphatic carbocycles. The number of hydrogen-bond donors (Lipinski definition) is 3. The molecule has 3 aromatic rings. The normalized spacial score (nSPS) is 11.2. The van der Waals surface area contributed by atoms with E-state index in [1.54, 1.807) is 36.4 Å². The number of ether oxygens (including phenoxy) is 1. The molecule has 0 saturated carbocycles. The van der Waals surface area contributed by atoms with Gasteiger partial charge in [-0.05, 0) is 35.7 Å². The van der Waals surface area contributed by atoms with Crippen molar-refractivity contribution in [1.82, 2.24) is 4.98 Å². The molecule has 3 N–H and O–H groups in total. The van der Waals surface area contributed by atoms with Crippen LogP contribution in [0.25, 0.3) is 16.6 Å². The molecule has 0 atom stereocenters. The van der Waals surface area contributed by atoms with E-state index in [1.807, 2.05) is 18.2 Å². The molecule has 1 heterocycles. The van der Waals surface area contributed by atoms with Gasteiger partial charge in [-0.1, -0.05) is 24.3 Å². The van der Waals surface area contributed by atoms with Crippen molar-refractivity contribution in [2.45, 2.75) is 0 Å². The minimum Gasteiger partial charge on any atom is -0.465 e. The van der Waals surface area contributed by atoms with E-state index in [4.69, 9.17) is 5.53 Å². The fraction of sp³-hybridized carbons (Fsp3) is 0.0526. The van der Waals surface area contributed by atoms with Crippen LogP contribution in [0.2, 0.25) is 0 Å². The first-order chi connectivity index (χ1) is 12.6. The maximum atomic E-state index is 12.3. The number of pyridine rings is 1. The van der Waals surface area contributed by atoms with E-state index in [0.717, 1.165) is 5.39 Å². The van der Waals surface area contributed by atoms with Gasteiger partial charge < -0.3 is 15.0 Å². The Morgan fingerprint density at radius 3 is 2.77 bits per heavy atom. The zero-order valence-electron chi connectivity index (χ0n) is 13.9. The number of nitrogens with zero attached hydrogens (tertiary/aromatic N) is 1. The first-order valence-electron chi connectivity index (χ1n) is 7.77. The van der Waals surface area contributed by atoms with Crippen LogP contribution < -0.4 is 10.9 Å². The molecule has 0 fully saturated rings. The van der Waals surface area contributed by atoms with Crippen molar-refractivity contribution in [2.75, 3.05) is 12.4 Å². The number of hydrogen-bond acceptors (Lipinski definition) is 6. The van der Waals surface area contributed by atoms with Crippen LogP contribution in [-0.4, -0.2) is 18.1 Å². The number of carbonyl (C=O) groups excluding carboxylic acids is 1. The summed E-state index contributed by atoms with van der Waals surface area (Å²) in [5.41, 5.74) is 9.20. The van der Waals surface area contributed by atoms with Crippen LogP contribution >= 0.6 is 0 Å². The second-order valence-electron chi connectivity index (χ2n) is 5.46. The summed E-state index contributed by atoms with van der Waals surface area (Å²) in [6.45, 7) is 0. The largest absolute Gasteiger partial charge is 0.465 e. The van der Waals surface area contributed by atoms with Gasteiger partial charge in [-0.25, -0.2) is 10.3 Å². The molecule has 7 heteroatoms. The number of benzene rings is 2. The van der Waals surface area contributed by atoms with Gasteiger partial charge in [-0.3, -0.25) is 4.79 Å². The van der Waals surface area contributed by atoms with Gasteiger partial charge in [0.1, 0.15) is 5.70 Å². The lowest BCUT2D eigenvalue weighted by atomic mass is 10.1. The van der Waals surface area contributed by atoms with Crippen LogP contribution in [-0.2, 0) is 4.74 Å². The Morgan fingerprint density at radius 1 is 1.19 bits per heavy atom. The lowest BCUT2D eigenvalue weighted by molar-refractivity contribution is 0.0601. The highest BCUT2D eigenvalue weighted by molar-refractivity contribution is 5.90. The standard InChI is InChI=1S/C19H16N4O3/c1-26-19(25)13-6-4-7-14(9-13)21-11-17(23-20)15-10-12-5-2-3-8-16(12)22-18(15)24/h2-11,20-21H,1H3,(H,22,24)/b17-11-,23-20?. The van der Waals surface area contributed by atoms with E-state index in [1.165, 1.54) is 13.3 Å². The molecule has 1 aromatic heterocycles. The number of aromatic amines is 1. The second-order valence-corrected chi connectivity index (χ2v) is 5.46. The number of anilines is 1. The van der Waals surface area contributed by atoms with Crippen molar-refractivity contribution >= 4 is 28.3 Å². The summed E-state index contributed by atoms with van der Waals surface area (Å²) in [7, 11) is 1.31. The Kier molecular flexibility index (Phi) is 4.89. The number of aromatic nitrogens is 1. The highest BCUT2D eigenvalue weighted by atomic mass is 16.5. The Hall–Kier alpha value is -3.74. The summed E-state index contributed by atoms with van der Waals surface area (Å²) in [4.78, 5) is 26.7. The molecule has 0 unspecified atom stereocenters. The van der Waals surface area contributed by atoms with Gasteiger partial charge in [0, 0.05) is 17.4 Å². The monoisotopic (exact) mass is 348 g/mol. The topological polar surface area (TPSA) is 107 Å². The molecule has 0 bridgehead atoms. The first kappa shape index (κ1) is 17.1. The average Bonchev–Trinajstić information content (AvgIpc) is 2.68. The highest BCUT2D eigenvalue weighted by Crippen LogP contribution is 2.18. The van der Waals surface area contributed by atoms with Crippen molar-refractivity contribution in [3.05, 3.63) is 82.3 Å². The van der Waals surface area contributed by atoms with E-state index in [9.17, 15) is 9.59 Å². The lowest BCUT2D eigenvalue weighted by Crippen LogP contribution is -2.11. The Bertz CT molecular complexity index is 1070. The van der Waals surface area contributed by atoms with E-state index < -0.39 is 5.97 Å². The average molecular weight is 348 g/mol. The van der Waals surface area contributed by atoms with Crippen LogP contribution in [0, 0.1) is 5.53 Å². The third-order valence-corrected chi connectivity index (χ3v) is 3.81. The molecule has 7 nitrogen and oxygen atoms in total. The van der Waals surface area contributed by atoms with Crippen LogP contribution in [0.1, 0.15) is 15.9 Å². The molecule has 0 aliphatic rings. The van der Waals surface area contributed by atoms with Gasteiger partial charge in [-0.15, -0.1) is 0 Å². The van der Waals surface area contributed by atoms with Gasteiger partial charge in [0.25, 0.3) is 5.56 Å². The molecular formula is C19H16N4O3. The van der Waals surface area contributed by atoms with Gasteiger partial charge >= 0.3 is 5.97 Å². The van der Waals surface area contributed by atoms with Crippen molar-refractivity contribution < 1.29 is 9.53 Å². The molecule has 0 radical (unpaired) electrons. The van der Waals surface area contributed by atoms with Crippen molar-refractivity contribution in [2.24, 2.45) is 5.11 Å². The van der Waals surface area contributed by atoms with Crippen molar-refractivity contribution in [1.29, 1.82) is 5.53 Å². The van der Waals surface area contributed by atoms with E-state index in [2.05, 4.69) is 20.2 Å². The quantitative estimate of drug-likeness (QED) is 0.482. The molecule has 0 aliphatic heterocycles. The highest BCUT2D eigenvalue weighted by Gasteiger charge is 2.09. The summed E-state index contributed by atoms with van der Waals surface area (Å²) < 4.78 is 4.69. The minimum atomic E-state index is -0.450.